The van der Waals surface area contributed by atoms with Gasteiger partial charge in [0.15, 0.2) is 5.76 Å². The number of hydrogen-bond acceptors (Lipinski definition) is 6. The lowest BCUT2D eigenvalue weighted by Gasteiger charge is -2.12. The number of rotatable bonds is 6. The summed E-state index contributed by atoms with van der Waals surface area (Å²) < 4.78 is 11.0. The van der Waals surface area contributed by atoms with Crippen molar-refractivity contribution in [2.45, 2.75) is 13.8 Å². The number of nitrogens with one attached hydrogen (secondary N) is 1. The second-order valence-corrected chi connectivity index (χ2v) is 6.67. The molecule has 152 valence electrons. The van der Waals surface area contributed by atoms with Crippen LogP contribution in [0.5, 0.6) is 5.75 Å². The first kappa shape index (κ1) is 19.4. The van der Waals surface area contributed by atoms with Crippen LogP contribution in [0, 0.1) is 5.92 Å². The summed E-state index contributed by atoms with van der Waals surface area (Å²) in [7, 11) is 0. The van der Waals surface area contributed by atoms with Crippen LogP contribution in [-0.4, -0.2) is 30.3 Å². The number of hydrazone groups is 2. The number of anilines is 1. The monoisotopic (exact) mass is 404 g/mol. The smallest absolute Gasteiger partial charge is 0.307 e. The van der Waals surface area contributed by atoms with E-state index in [1.165, 1.54) is 11.2 Å². The van der Waals surface area contributed by atoms with Gasteiger partial charge in [-0.3, -0.25) is 9.59 Å². The first-order chi connectivity index (χ1) is 14.6. The summed E-state index contributed by atoms with van der Waals surface area (Å²) in [5, 5.41) is 10.3. The second-order valence-electron chi connectivity index (χ2n) is 6.67. The van der Waals surface area contributed by atoms with Crippen LogP contribution >= 0.6 is 0 Å². The summed E-state index contributed by atoms with van der Waals surface area (Å²) in [5.41, 5.74) is 4.24. The normalized spacial score (nSPS) is 16.3. The molecule has 1 N–H and O–H groups in total. The molecule has 0 fully saturated rings. The Labute approximate surface area is 172 Å². The Bertz CT molecular complexity index is 1150. The van der Waals surface area contributed by atoms with Crippen molar-refractivity contribution in [3.8, 4) is 5.75 Å². The van der Waals surface area contributed by atoms with Gasteiger partial charge < -0.3 is 9.15 Å². The largest absolute Gasteiger partial charge is 0.494 e. The fraction of sp³-hybridized carbons (Fsp3) is 0.182. The predicted octanol–water partition coefficient (Wildman–Crippen LogP) is 3.59. The third kappa shape index (κ3) is 3.80. The molecule has 2 heterocycles. The van der Waals surface area contributed by atoms with Gasteiger partial charge in [-0.05, 0) is 50.2 Å². The highest BCUT2D eigenvalue weighted by Gasteiger charge is 2.33. The van der Waals surface area contributed by atoms with Gasteiger partial charge in [0.05, 0.1) is 18.0 Å². The third-order valence-corrected chi connectivity index (χ3v) is 4.60. The van der Waals surface area contributed by atoms with E-state index in [9.17, 15) is 9.59 Å². The zero-order valence-electron chi connectivity index (χ0n) is 16.5. The molecule has 1 aliphatic rings. The molecule has 2 amide bonds. The summed E-state index contributed by atoms with van der Waals surface area (Å²) in [6.45, 7) is 4.20. The maximum absolute atomic E-state index is 12.6. The molecule has 1 atom stereocenters. The zero-order valence-corrected chi connectivity index (χ0v) is 16.5. The van der Waals surface area contributed by atoms with Crippen molar-refractivity contribution in [3.63, 3.8) is 0 Å². The SMILES string of the molecule is CCOc1ccc2oc(C(=O)N/N=C/[C@@H]3C(=O)N(c4ccccc4)N=C3C)cc2c1. The van der Waals surface area contributed by atoms with Gasteiger partial charge in [-0.1, -0.05) is 18.2 Å². The Morgan fingerprint density at radius 1 is 1.27 bits per heavy atom. The number of nitrogens with zero attached hydrogens (tertiary/aromatic N) is 3. The van der Waals surface area contributed by atoms with Gasteiger partial charge in [-0.2, -0.15) is 15.2 Å². The maximum Gasteiger partial charge on any atom is 0.307 e. The number of fused-ring (bicyclic) bond motifs is 1. The Morgan fingerprint density at radius 2 is 2.07 bits per heavy atom. The Morgan fingerprint density at radius 3 is 2.83 bits per heavy atom. The number of hydrogen-bond donors (Lipinski definition) is 1. The van der Waals surface area contributed by atoms with E-state index in [1.54, 1.807) is 43.3 Å². The molecule has 1 aromatic heterocycles. The summed E-state index contributed by atoms with van der Waals surface area (Å²) >= 11 is 0. The first-order valence-electron chi connectivity index (χ1n) is 9.51. The quantitative estimate of drug-likeness (QED) is 0.502. The molecule has 0 radical (unpaired) electrons. The van der Waals surface area contributed by atoms with Crippen LogP contribution < -0.4 is 15.2 Å². The van der Waals surface area contributed by atoms with Crippen LogP contribution in [0.25, 0.3) is 11.0 Å². The Hall–Kier alpha value is -3.94. The van der Waals surface area contributed by atoms with E-state index >= 15 is 0 Å². The minimum Gasteiger partial charge on any atom is -0.494 e. The van der Waals surface area contributed by atoms with Gasteiger partial charge in [0, 0.05) is 11.6 Å². The molecule has 0 unspecified atom stereocenters. The van der Waals surface area contributed by atoms with Crippen LogP contribution in [0.4, 0.5) is 5.69 Å². The summed E-state index contributed by atoms with van der Waals surface area (Å²) in [4.78, 5) is 25.0. The molecule has 0 aliphatic carbocycles. The number of ether oxygens (including phenoxy) is 1. The highest BCUT2D eigenvalue weighted by atomic mass is 16.5. The molecule has 0 spiro atoms. The minimum atomic E-state index is -0.644. The van der Waals surface area contributed by atoms with Crippen LogP contribution in [0.2, 0.25) is 0 Å². The number of para-hydroxylation sites is 1. The predicted molar refractivity (Wildman–Crippen MR) is 114 cm³/mol. The number of carbonyl (C=O) groups is 2. The van der Waals surface area contributed by atoms with Crippen molar-refractivity contribution in [2.75, 3.05) is 11.6 Å². The standard InChI is InChI=1S/C22H20N4O4/c1-3-29-17-9-10-19-15(11-17)12-20(30-19)21(27)24-23-13-18-14(2)25-26(22(18)28)16-7-5-4-6-8-16/h4-13,18H,3H2,1-2H3,(H,24,27)/b23-13+/t18-/m0/s1. The van der Waals surface area contributed by atoms with E-state index in [2.05, 4.69) is 15.6 Å². The molecule has 0 saturated heterocycles. The molecule has 1 aliphatic heterocycles. The number of amides is 2. The lowest BCUT2D eigenvalue weighted by molar-refractivity contribution is -0.118. The molecule has 8 nitrogen and oxygen atoms in total. The van der Waals surface area contributed by atoms with E-state index in [-0.39, 0.29) is 11.7 Å². The van der Waals surface area contributed by atoms with Crippen LogP contribution in [0.15, 0.2) is 69.2 Å². The zero-order chi connectivity index (χ0) is 21.1. The second kappa shape index (κ2) is 8.20. The molecule has 0 saturated carbocycles. The van der Waals surface area contributed by atoms with Crippen LogP contribution in [0.1, 0.15) is 24.4 Å². The summed E-state index contributed by atoms with van der Waals surface area (Å²) in [5.74, 6) is -0.572. The molecule has 3 aromatic rings. The van der Waals surface area contributed by atoms with E-state index in [1.807, 2.05) is 25.1 Å². The number of benzene rings is 2. The molecule has 30 heavy (non-hydrogen) atoms. The highest BCUT2D eigenvalue weighted by molar-refractivity contribution is 6.23. The van der Waals surface area contributed by atoms with Crippen molar-refractivity contribution in [3.05, 3.63) is 60.4 Å². The van der Waals surface area contributed by atoms with Gasteiger partial charge in [0.1, 0.15) is 17.3 Å². The van der Waals surface area contributed by atoms with Crippen molar-refractivity contribution < 1.29 is 18.7 Å². The highest BCUT2D eigenvalue weighted by Crippen LogP contribution is 2.25. The molecule has 4 rings (SSSR count). The van der Waals surface area contributed by atoms with Crippen LogP contribution in [0.3, 0.4) is 0 Å². The molecule has 8 heteroatoms. The first-order valence-corrected chi connectivity index (χ1v) is 9.51. The molecular formula is C22H20N4O4. The Kier molecular flexibility index (Phi) is 5.30. The van der Waals surface area contributed by atoms with E-state index in [4.69, 9.17) is 9.15 Å². The third-order valence-electron chi connectivity index (χ3n) is 4.60. The van der Waals surface area contributed by atoms with Crippen molar-refractivity contribution in [2.24, 2.45) is 16.1 Å². The van der Waals surface area contributed by atoms with Crippen molar-refractivity contribution in [1.82, 2.24) is 5.43 Å². The molecule has 2 aromatic carbocycles. The molecular weight excluding hydrogens is 384 g/mol. The lowest BCUT2D eigenvalue weighted by atomic mass is 10.1. The maximum atomic E-state index is 12.6. The number of furan rings is 1. The van der Waals surface area contributed by atoms with Crippen LogP contribution in [-0.2, 0) is 4.79 Å². The molecule has 0 bridgehead atoms. The van der Waals surface area contributed by atoms with Gasteiger partial charge >= 0.3 is 5.91 Å². The minimum absolute atomic E-state index is 0.116. The summed E-state index contributed by atoms with van der Waals surface area (Å²) in [6, 6.07) is 16.1. The lowest BCUT2D eigenvalue weighted by Crippen LogP contribution is -2.29. The Balaban J connectivity index is 1.43. The van der Waals surface area contributed by atoms with Gasteiger partial charge in [-0.15, -0.1) is 0 Å². The van der Waals surface area contributed by atoms with Gasteiger partial charge in [0.2, 0.25) is 0 Å². The van der Waals surface area contributed by atoms with Gasteiger partial charge in [0.25, 0.3) is 5.91 Å². The topological polar surface area (TPSA) is 96.5 Å². The van der Waals surface area contributed by atoms with Gasteiger partial charge in [-0.25, -0.2) is 5.43 Å². The van der Waals surface area contributed by atoms with Crippen molar-refractivity contribution in [1.29, 1.82) is 0 Å². The summed E-state index contributed by atoms with van der Waals surface area (Å²) in [6.07, 6.45) is 1.37. The average Bonchev–Trinajstić information content (AvgIpc) is 3.30. The van der Waals surface area contributed by atoms with E-state index in [0.717, 1.165) is 5.39 Å². The van der Waals surface area contributed by atoms with E-state index in [0.29, 0.717) is 29.3 Å². The van der Waals surface area contributed by atoms with E-state index < -0.39 is 11.8 Å². The average molecular weight is 404 g/mol. The number of carbonyl (C=O) groups excluding carboxylic acids is 2. The fourth-order valence-corrected chi connectivity index (χ4v) is 3.12. The fourth-order valence-electron chi connectivity index (χ4n) is 3.12. The van der Waals surface area contributed by atoms with Crippen molar-refractivity contribution >= 4 is 40.4 Å².